The lowest BCUT2D eigenvalue weighted by Crippen LogP contribution is -2.01. The summed E-state index contributed by atoms with van der Waals surface area (Å²) in [5.41, 5.74) is 5.80. The van der Waals surface area contributed by atoms with Crippen molar-refractivity contribution in [3.05, 3.63) is 22.2 Å². The smallest absolute Gasteiger partial charge is 0.151 e. The lowest BCUT2D eigenvalue weighted by molar-refractivity contribution is 0.964. The van der Waals surface area contributed by atoms with Gasteiger partial charge in [-0.15, -0.1) is 0 Å². The van der Waals surface area contributed by atoms with Gasteiger partial charge >= 0.3 is 0 Å². The van der Waals surface area contributed by atoms with Crippen LogP contribution in [-0.2, 0) is 6.54 Å². The number of aromatic nitrogens is 2. The Balaban J connectivity index is 3.09. The van der Waals surface area contributed by atoms with Crippen molar-refractivity contribution < 1.29 is 0 Å². The van der Waals surface area contributed by atoms with E-state index in [1.807, 2.05) is 0 Å². The molecule has 5 heteroatoms. The third-order valence-electron chi connectivity index (χ3n) is 0.958. The molecule has 0 atom stereocenters. The van der Waals surface area contributed by atoms with Crippen LogP contribution in [0.15, 0.2) is 6.20 Å². The Labute approximate surface area is 68.2 Å². The second kappa shape index (κ2) is 3.14. The van der Waals surface area contributed by atoms with Gasteiger partial charge in [0.2, 0.25) is 0 Å². The summed E-state index contributed by atoms with van der Waals surface area (Å²) in [5.74, 6) is 0. The van der Waals surface area contributed by atoms with Crippen molar-refractivity contribution in [1.82, 2.24) is 9.97 Å². The molecule has 0 amide bonds. The van der Waals surface area contributed by atoms with Crippen LogP contribution >= 0.6 is 23.2 Å². The van der Waals surface area contributed by atoms with Gasteiger partial charge in [0.05, 0.1) is 11.9 Å². The Bertz CT molecular complexity index is 238. The summed E-state index contributed by atoms with van der Waals surface area (Å²) in [6, 6.07) is 0. The van der Waals surface area contributed by atoms with Crippen LogP contribution in [0.25, 0.3) is 0 Å². The highest BCUT2D eigenvalue weighted by Crippen LogP contribution is 2.11. The van der Waals surface area contributed by atoms with Gasteiger partial charge in [0.25, 0.3) is 0 Å². The molecule has 1 rings (SSSR count). The van der Waals surface area contributed by atoms with Crippen LogP contribution in [0.5, 0.6) is 0 Å². The van der Waals surface area contributed by atoms with E-state index in [0.29, 0.717) is 16.0 Å². The fraction of sp³-hybridized carbons (Fsp3) is 0.200. The number of nitrogens with zero attached hydrogens (tertiary/aromatic N) is 2. The maximum Gasteiger partial charge on any atom is 0.151 e. The normalized spacial score (nSPS) is 9.90. The Morgan fingerprint density at radius 2 is 2.20 bits per heavy atom. The first-order valence-corrected chi connectivity index (χ1v) is 3.36. The van der Waals surface area contributed by atoms with Crippen LogP contribution in [-0.4, -0.2) is 9.97 Å². The van der Waals surface area contributed by atoms with Crippen molar-refractivity contribution in [2.45, 2.75) is 6.54 Å². The summed E-state index contributed by atoms with van der Waals surface area (Å²) in [7, 11) is 0. The molecule has 0 fully saturated rings. The van der Waals surface area contributed by atoms with Crippen LogP contribution in [0.3, 0.4) is 0 Å². The van der Waals surface area contributed by atoms with E-state index in [1.165, 1.54) is 6.20 Å². The number of hydrogen-bond acceptors (Lipinski definition) is 3. The van der Waals surface area contributed by atoms with E-state index in [9.17, 15) is 0 Å². The van der Waals surface area contributed by atoms with Crippen LogP contribution in [0.2, 0.25) is 10.3 Å². The lowest BCUT2D eigenvalue weighted by Gasteiger charge is -1.96. The highest BCUT2D eigenvalue weighted by molar-refractivity contribution is 6.31. The van der Waals surface area contributed by atoms with Crippen LogP contribution in [0, 0.1) is 0 Å². The van der Waals surface area contributed by atoms with E-state index in [-0.39, 0.29) is 6.54 Å². The number of nitrogens with two attached hydrogens (primary N) is 1. The van der Waals surface area contributed by atoms with Crippen molar-refractivity contribution in [3.8, 4) is 0 Å². The van der Waals surface area contributed by atoms with E-state index >= 15 is 0 Å². The Morgan fingerprint density at radius 3 is 2.70 bits per heavy atom. The molecular formula is C5H5Cl2N3. The molecule has 0 spiro atoms. The molecule has 0 bridgehead atoms. The van der Waals surface area contributed by atoms with Crippen molar-refractivity contribution in [3.63, 3.8) is 0 Å². The molecule has 0 saturated carbocycles. The molecule has 54 valence electrons. The fourth-order valence-corrected chi connectivity index (χ4v) is 0.837. The summed E-state index contributed by atoms with van der Waals surface area (Å²) >= 11 is 11.1. The van der Waals surface area contributed by atoms with Crippen LogP contribution in [0.1, 0.15) is 5.69 Å². The van der Waals surface area contributed by atoms with Gasteiger partial charge in [-0.05, 0) is 0 Å². The van der Waals surface area contributed by atoms with Gasteiger partial charge < -0.3 is 5.73 Å². The van der Waals surface area contributed by atoms with E-state index < -0.39 is 0 Å². The molecule has 1 heterocycles. The van der Waals surface area contributed by atoms with Gasteiger partial charge in [-0.2, -0.15) is 0 Å². The second-order valence-electron chi connectivity index (χ2n) is 1.63. The largest absolute Gasteiger partial charge is 0.325 e. The average molecular weight is 178 g/mol. The fourth-order valence-electron chi connectivity index (χ4n) is 0.518. The summed E-state index contributed by atoms with van der Waals surface area (Å²) in [6.07, 6.45) is 1.38. The highest BCUT2D eigenvalue weighted by Gasteiger charge is 2.00. The van der Waals surface area contributed by atoms with Crippen molar-refractivity contribution in [2.75, 3.05) is 0 Å². The predicted molar refractivity (Wildman–Crippen MR) is 39.9 cm³/mol. The number of hydrogen-bond donors (Lipinski definition) is 1. The maximum atomic E-state index is 5.58. The first-order valence-electron chi connectivity index (χ1n) is 2.61. The van der Waals surface area contributed by atoms with E-state index in [4.69, 9.17) is 28.9 Å². The standard InChI is InChI=1S/C5H5Cl2N3/c6-4-2-9-5(7)3(1-8)10-4/h2H,1,8H2. The second-order valence-corrected chi connectivity index (χ2v) is 2.38. The third-order valence-corrected chi connectivity index (χ3v) is 1.46. The minimum atomic E-state index is 0.256. The lowest BCUT2D eigenvalue weighted by atomic mass is 10.5. The molecule has 0 saturated heterocycles. The summed E-state index contributed by atoms with van der Waals surface area (Å²) in [4.78, 5) is 7.58. The van der Waals surface area contributed by atoms with Crippen molar-refractivity contribution in [2.24, 2.45) is 5.73 Å². The monoisotopic (exact) mass is 177 g/mol. The van der Waals surface area contributed by atoms with Gasteiger partial charge in [-0.25, -0.2) is 9.97 Å². The van der Waals surface area contributed by atoms with Crippen LogP contribution < -0.4 is 5.73 Å². The van der Waals surface area contributed by atoms with Gasteiger partial charge in [-0.3, -0.25) is 0 Å². The third kappa shape index (κ3) is 1.56. The van der Waals surface area contributed by atoms with E-state index in [0.717, 1.165) is 0 Å². The summed E-state index contributed by atoms with van der Waals surface area (Å²) in [6.45, 7) is 0.256. The SMILES string of the molecule is NCc1nc(Cl)cnc1Cl. The molecule has 0 unspecified atom stereocenters. The first kappa shape index (κ1) is 7.72. The molecule has 2 N–H and O–H groups in total. The highest BCUT2D eigenvalue weighted by atomic mass is 35.5. The summed E-state index contributed by atoms with van der Waals surface area (Å²) in [5, 5.41) is 0.622. The van der Waals surface area contributed by atoms with Gasteiger partial charge in [-0.1, -0.05) is 23.2 Å². The average Bonchev–Trinajstić information content (AvgIpc) is 1.94. The predicted octanol–water partition coefficient (Wildman–Crippen LogP) is 1.24. The molecular weight excluding hydrogens is 173 g/mol. The zero-order valence-electron chi connectivity index (χ0n) is 5.01. The van der Waals surface area contributed by atoms with Crippen molar-refractivity contribution in [1.29, 1.82) is 0 Å². The maximum absolute atomic E-state index is 5.58. The van der Waals surface area contributed by atoms with Gasteiger partial charge in [0.1, 0.15) is 5.15 Å². The molecule has 10 heavy (non-hydrogen) atoms. The topological polar surface area (TPSA) is 51.8 Å². The van der Waals surface area contributed by atoms with E-state index in [1.54, 1.807) is 0 Å². The molecule has 1 aromatic heterocycles. The molecule has 0 aliphatic rings. The molecule has 0 aliphatic heterocycles. The zero-order valence-corrected chi connectivity index (χ0v) is 6.52. The molecule has 0 radical (unpaired) electrons. The minimum absolute atomic E-state index is 0.256. The minimum Gasteiger partial charge on any atom is -0.325 e. The molecule has 0 aliphatic carbocycles. The number of halogens is 2. The molecule has 1 aromatic rings. The quantitative estimate of drug-likeness (QED) is 0.703. The summed E-state index contributed by atoms with van der Waals surface area (Å²) < 4.78 is 0. The van der Waals surface area contributed by atoms with Gasteiger partial charge in [0, 0.05) is 6.54 Å². The van der Waals surface area contributed by atoms with Gasteiger partial charge in [0.15, 0.2) is 5.15 Å². The first-order chi connectivity index (χ1) is 4.74. The Kier molecular flexibility index (Phi) is 2.43. The Hall–Kier alpha value is -0.380. The molecule has 3 nitrogen and oxygen atoms in total. The number of rotatable bonds is 1. The molecule has 0 aromatic carbocycles. The van der Waals surface area contributed by atoms with Crippen LogP contribution in [0.4, 0.5) is 0 Å². The van der Waals surface area contributed by atoms with E-state index in [2.05, 4.69) is 9.97 Å². The zero-order chi connectivity index (χ0) is 7.56. The van der Waals surface area contributed by atoms with Crippen molar-refractivity contribution >= 4 is 23.2 Å². The Morgan fingerprint density at radius 1 is 1.50 bits per heavy atom.